The monoisotopic (exact) mass is 220 g/mol. The van der Waals surface area contributed by atoms with Crippen LogP contribution in [0.5, 0.6) is 0 Å². The van der Waals surface area contributed by atoms with Gasteiger partial charge in [-0.15, -0.1) is 0 Å². The van der Waals surface area contributed by atoms with Crippen LogP contribution in [0.4, 0.5) is 0 Å². The highest BCUT2D eigenvalue weighted by atomic mass is 16.5. The zero-order valence-corrected chi connectivity index (χ0v) is 10.0. The van der Waals surface area contributed by atoms with Gasteiger partial charge in [-0.1, -0.05) is 19.9 Å². The van der Waals surface area contributed by atoms with E-state index in [2.05, 4.69) is 30.2 Å². The van der Waals surface area contributed by atoms with E-state index in [1.165, 1.54) is 0 Å². The molecule has 0 saturated carbocycles. The van der Waals surface area contributed by atoms with Crippen molar-refractivity contribution < 1.29 is 4.74 Å². The molecule has 2 unspecified atom stereocenters. The first kappa shape index (κ1) is 11.6. The summed E-state index contributed by atoms with van der Waals surface area (Å²) in [7, 11) is 0. The van der Waals surface area contributed by atoms with E-state index in [0.29, 0.717) is 18.0 Å². The van der Waals surface area contributed by atoms with Crippen LogP contribution >= 0.6 is 0 Å². The molecule has 1 saturated heterocycles. The van der Waals surface area contributed by atoms with Crippen LogP contribution in [0.2, 0.25) is 0 Å². The van der Waals surface area contributed by atoms with Crippen molar-refractivity contribution in [3.63, 3.8) is 0 Å². The Kier molecular flexibility index (Phi) is 3.91. The Bertz CT molecular complexity index is 307. The molecule has 1 aliphatic rings. The molecule has 1 aromatic heterocycles. The van der Waals surface area contributed by atoms with Crippen LogP contribution in [-0.4, -0.2) is 24.2 Å². The van der Waals surface area contributed by atoms with Gasteiger partial charge in [-0.05, 0) is 24.5 Å². The minimum Gasteiger partial charge on any atom is -0.380 e. The Balaban J connectivity index is 2.05. The SMILES string of the molecule is CC(C)C(NC1CCOC1)c1ccccn1. The standard InChI is InChI=1S/C13H20N2O/c1-10(2)13(12-5-3-4-7-14-12)15-11-6-8-16-9-11/h3-5,7,10-11,13,15H,6,8-9H2,1-2H3. The van der Waals surface area contributed by atoms with Crippen LogP contribution in [0.3, 0.4) is 0 Å². The predicted molar refractivity (Wildman–Crippen MR) is 64.2 cm³/mol. The fourth-order valence-corrected chi connectivity index (χ4v) is 2.10. The summed E-state index contributed by atoms with van der Waals surface area (Å²) < 4.78 is 5.39. The topological polar surface area (TPSA) is 34.1 Å². The van der Waals surface area contributed by atoms with Gasteiger partial charge >= 0.3 is 0 Å². The van der Waals surface area contributed by atoms with Crippen molar-refractivity contribution >= 4 is 0 Å². The summed E-state index contributed by atoms with van der Waals surface area (Å²) in [4.78, 5) is 4.44. The summed E-state index contributed by atoms with van der Waals surface area (Å²) in [6, 6.07) is 6.90. The average Bonchev–Trinajstić information content (AvgIpc) is 2.79. The number of rotatable bonds is 4. The van der Waals surface area contributed by atoms with Gasteiger partial charge in [-0.2, -0.15) is 0 Å². The van der Waals surface area contributed by atoms with E-state index in [1.54, 1.807) is 0 Å². The predicted octanol–water partition coefficient (Wildman–Crippen LogP) is 2.16. The molecule has 3 heteroatoms. The van der Waals surface area contributed by atoms with Crippen LogP contribution in [0.1, 0.15) is 32.0 Å². The molecular formula is C13H20N2O. The molecule has 0 amide bonds. The molecule has 2 atom stereocenters. The Hall–Kier alpha value is -0.930. The first-order chi connectivity index (χ1) is 7.77. The van der Waals surface area contributed by atoms with Gasteiger partial charge in [-0.25, -0.2) is 0 Å². The zero-order chi connectivity index (χ0) is 11.4. The van der Waals surface area contributed by atoms with Gasteiger partial charge in [-0.3, -0.25) is 4.98 Å². The van der Waals surface area contributed by atoms with E-state index in [9.17, 15) is 0 Å². The maximum Gasteiger partial charge on any atom is 0.0620 e. The van der Waals surface area contributed by atoms with Gasteiger partial charge in [0.1, 0.15) is 0 Å². The molecule has 1 aliphatic heterocycles. The first-order valence-electron chi connectivity index (χ1n) is 6.02. The van der Waals surface area contributed by atoms with E-state index in [0.717, 1.165) is 25.3 Å². The van der Waals surface area contributed by atoms with Crippen molar-refractivity contribution in [3.8, 4) is 0 Å². The van der Waals surface area contributed by atoms with Crippen LogP contribution in [0.25, 0.3) is 0 Å². The van der Waals surface area contributed by atoms with Gasteiger partial charge < -0.3 is 10.1 Å². The number of hydrogen-bond acceptors (Lipinski definition) is 3. The molecule has 0 aliphatic carbocycles. The third-order valence-electron chi connectivity index (χ3n) is 3.02. The lowest BCUT2D eigenvalue weighted by molar-refractivity contribution is 0.185. The second-order valence-corrected chi connectivity index (χ2v) is 4.70. The Morgan fingerprint density at radius 2 is 2.31 bits per heavy atom. The lowest BCUT2D eigenvalue weighted by atomic mass is 9.99. The van der Waals surface area contributed by atoms with Crippen LogP contribution in [0, 0.1) is 5.92 Å². The van der Waals surface area contributed by atoms with Crippen molar-refractivity contribution in [2.45, 2.75) is 32.4 Å². The third-order valence-corrected chi connectivity index (χ3v) is 3.02. The van der Waals surface area contributed by atoms with Gasteiger partial charge in [0.2, 0.25) is 0 Å². The number of nitrogens with one attached hydrogen (secondary N) is 1. The largest absolute Gasteiger partial charge is 0.380 e. The average molecular weight is 220 g/mol. The lowest BCUT2D eigenvalue weighted by Crippen LogP contribution is -2.36. The molecule has 16 heavy (non-hydrogen) atoms. The number of hydrogen-bond donors (Lipinski definition) is 1. The Labute approximate surface area is 97.2 Å². The maximum atomic E-state index is 5.39. The highest BCUT2D eigenvalue weighted by Crippen LogP contribution is 2.21. The molecule has 2 heterocycles. The van der Waals surface area contributed by atoms with Crippen molar-refractivity contribution in [2.75, 3.05) is 13.2 Å². The zero-order valence-electron chi connectivity index (χ0n) is 10.0. The number of pyridine rings is 1. The quantitative estimate of drug-likeness (QED) is 0.844. The molecule has 0 aromatic carbocycles. The fourth-order valence-electron chi connectivity index (χ4n) is 2.10. The second-order valence-electron chi connectivity index (χ2n) is 4.70. The summed E-state index contributed by atoms with van der Waals surface area (Å²) in [6.45, 7) is 6.16. The van der Waals surface area contributed by atoms with E-state index in [1.807, 2.05) is 18.3 Å². The number of nitrogens with zero attached hydrogens (tertiary/aromatic N) is 1. The minimum absolute atomic E-state index is 0.327. The van der Waals surface area contributed by atoms with Gasteiger partial charge in [0.15, 0.2) is 0 Å². The van der Waals surface area contributed by atoms with E-state index in [-0.39, 0.29) is 0 Å². The molecule has 3 nitrogen and oxygen atoms in total. The van der Waals surface area contributed by atoms with Gasteiger partial charge in [0.05, 0.1) is 18.3 Å². The summed E-state index contributed by atoms with van der Waals surface area (Å²) in [5.41, 5.74) is 1.13. The Morgan fingerprint density at radius 1 is 1.44 bits per heavy atom. The normalized spacial score (nSPS) is 22.6. The minimum atomic E-state index is 0.327. The highest BCUT2D eigenvalue weighted by molar-refractivity contribution is 5.09. The van der Waals surface area contributed by atoms with E-state index >= 15 is 0 Å². The molecule has 0 radical (unpaired) electrons. The van der Waals surface area contributed by atoms with Crippen LogP contribution in [-0.2, 0) is 4.74 Å². The summed E-state index contributed by atoms with van der Waals surface area (Å²) >= 11 is 0. The molecule has 2 rings (SSSR count). The number of aromatic nitrogens is 1. The summed E-state index contributed by atoms with van der Waals surface area (Å²) in [6.07, 6.45) is 2.97. The summed E-state index contributed by atoms with van der Waals surface area (Å²) in [5.74, 6) is 0.538. The molecule has 88 valence electrons. The van der Waals surface area contributed by atoms with Gasteiger partial charge in [0.25, 0.3) is 0 Å². The Morgan fingerprint density at radius 3 is 2.88 bits per heavy atom. The molecule has 0 spiro atoms. The van der Waals surface area contributed by atoms with Crippen molar-refractivity contribution in [1.82, 2.24) is 10.3 Å². The van der Waals surface area contributed by atoms with Crippen molar-refractivity contribution in [2.24, 2.45) is 5.92 Å². The first-order valence-corrected chi connectivity index (χ1v) is 6.02. The maximum absolute atomic E-state index is 5.39. The smallest absolute Gasteiger partial charge is 0.0620 e. The second kappa shape index (κ2) is 5.41. The number of ether oxygens (including phenoxy) is 1. The molecule has 1 N–H and O–H groups in total. The highest BCUT2D eigenvalue weighted by Gasteiger charge is 2.23. The fraction of sp³-hybridized carbons (Fsp3) is 0.615. The van der Waals surface area contributed by atoms with Crippen molar-refractivity contribution in [3.05, 3.63) is 30.1 Å². The molecule has 1 aromatic rings. The molecule has 1 fully saturated rings. The van der Waals surface area contributed by atoms with Crippen LogP contribution in [0.15, 0.2) is 24.4 Å². The molecular weight excluding hydrogens is 200 g/mol. The molecule has 0 bridgehead atoms. The van der Waals surface area contributed by atoms with E-state index in [4.69, 9.17) is 4.74 Å². The van der Waals surface area contributed by atoms with Crippen LogP contribution < -0.4 is 5.32 Å². The van der Waals surface area contributed by atoms with E-state index < -0.39 is 0 Å². The van der Waals surface area contributed by atoms with Gasteiger partial charge in [0, 0.05) is 18.8 Å². The van der Waals surface area contributed by atoms with Crippen molar-refractivity contribution in [1.29, 1.82) is 0 Å². The third kappa shape index (κ3) is 2.80. The lowest BCUT2D eigenvalue weighted by Gasteiger charge is -2.25. The summed E-state index contributed by atoms with van der Waals surface area (Å²) in [5, 5.41) is 3.64.